The minimum atomic E-state index is -0.594. The molecule has 1 atom stereocenters. The predicted octanol–water partition coefficient (Wildman–Crippen LogP) is 0.550. The molecule has 106 valence electrons. The van der Waals surface area contributed by atoms with Gasteiger partial charge in [-0.15, -0.1) is 5.10 Å². The highest BCUT2D eigenvalue weighted by molar-refractivity contribution is 5.76. The lowest BCUT2D eigenvalue weighted by Gasteiger charge is -2.34. The van der Waals surface area contributed by atoms with Gasteiger partial charge in [-0.05, 0) is 19.1 Å². The molecule has 1 unspecified atom stereocenters. The first-order chi connectivity index (χ1) is 9.56. The van der Waals surface area contributed by atoms with Crippen LogP contribution in [0.5, 0.6) is 0 Å². The number of carbonyl (C=O) groups is 1. The zero-order valence-corrected chi connectivity index (χ0v) is 11.4. The van der Waals surface area contributed by atoms with E-state index in [2.05, 4.69) is 9.67 Å². The second-order valence-electron chi connectivity index (χ2n) is 4.93. The highest BCUT2D eigenvalue weighted by Gasteiger charge is 2.28. The van der Waals surface area contributed by atoms with Gasteiger partial charge in [0.15, 0.2) is 0 Å². The van der Waals surface area contributed by atoms with Crippen molar-refractivity contribution in [2.45, 2.75) is 33.0 Å². The summed E-state index contributed by atoms with van der Waals surface area (Å²) in [5.74, 6) is -0.451. The van der Waals surface area contributed by atoms with E-state index in [0.717, 1.165) is 16.9 Å². The molecule has 0 saturated heterocycles. The van der Waals surface area contributed by atoms with Crippen molar-refractivity contribution >= 4 is 5.91 Å². The first kappa shape index (κ1) is 12.7. The Morgan fingerprint density at radius 2 is 2.30 bits per heavy atom. The van der Waals surface area contributed by atoms with Gasteiger partial charge in [-0.3, -0.25) is 4.79 Å². The van der Waals surface area contributed by atoms with Crippen molar-refractivity contribution < 1.29 is 9.21 Å². The number of amides is 1. The van der Waals surface area contributed by atoms with Crippen LogP contribution >= 0.6 is 0 Å². The molecule has 0 N–H and O–H groups in total. The smallest absolute Gasteiger partial charge is 0.393 e. The topological polar surface area (TPSA) is 73.3 Å². The van der Waals surface area contributed by atoms with Crippen LogP contribution in [0.1, 0.15) is 24.6 Å². The van der Waals surface area contributed by atoms with E-state index in [1.54, 1.807) is 11.8 Å². The Balaban J connectivity index is 1.79. The third-order valence-corrected chi connectivity index (χ3v) is 3.65. The fraction of sp³-hybridized carbons (Fsp3) is 0.462. The molecule has 1 amide bonds. The molecule has 2 aromatic rings. The van der Waals surface area contributed by atoms with Crippen LogP contribution in [-0.4, -0.2) is 31.7 Å². The zero-order valence-electron chi connectivity index (χ0n) is 11.4. The van der Waals surface area contributed by atoms with Crippen LogP contribution in [0.2, 0.25) is 0 Å². The lowest BCUT2D eigenvalue weighted by molar-refractivity contribution is -0.135. The minimum Gasteiger partial charge on any atom is -0.393 e. The summed E-state index contributed by atoms with van der Waals surface area (Å²) in [6, 6.07) is 3.98. The third-order valence-electron chi connectivity index (χ3n) is 3.65. The van der Waals surface area contributed by atoms with Gasteiger partial charge in [0.1, 0.15) is 6.54 Å². The maximum atomic E-state index is 12.3. The molecule has 0 saturated carbocycles. The van der Waals surface area contributed by atoms with E-state index < -0.39 is 5.76 Å². The van der Waals surface area contributed by atoms with Gasteiger partial charge in [0.25, 0.3) is 0 Å². The van der Waals surface area contributed by atoms with Gasteiger partial charge in [0.05, 0.1) is 6.04 Å². The monoisotopic (exact) mass is 276 g/mol. The second-order valence-corrected chi connectivity index (χ2v) is 4.93. The maximum Gasteiger partial charge on any atom is 0.437 e. The Morgan fingerprint density at radius 1 is 1.50 bits per heavy atom. The fourth-order valence-corrected chi connectivity index (χ4v) is 2.65. The van der Waals surface area contributed by atoms with Gasteiger partial charge >= 0.3 is 5.76 Å². The normalized spacial score (nSPS) is 18.1. The van der Waals surface area contributed by atoms with Crippen molar-refractivity contribution in [3.8, 4) is 0 Å². The maximum absolute atomic E-state index is 12.3. The van der Waals surface area contributed by atoms with Crippen LogP contribution in [0, 0.1) is 6.92 Å². The van der Waals surface area contributed by atoms with Gasteiger partial charge in [0, 0.05) is 31.9 Å². The summed E-state index contributed by atoms with van der Waals surface area (Å²) in [6.45, 7) is 4.89. The highest BCUT2D eigenvalue weighted by atomic mass is 16.4. The molecular formula is C13H16N4O3. The summed E-state index contributed by atoms with van der Waals surface area (Å²) in [4.78, 5) is 25.6. The van der Waals surface area contributed by atoms with Crippen LogP contribution in [0.15, 0.2) is 27.5 Å². The third kappa shape index (κ3) is 2.04. The minimum absolute atomic E-state index is 0.00468. The molecule has 7 heteroatoms. The number of rotatable bonds is 2. The molecule has 0 aromatic carbocycles. The van der Waals surface area contributed by atoms with Gasteiger partial charge in [-0.2, -0.15) is 4.68 Å². The Morgan fingerprint density at radius 3 is 3.00 bits per heavy atom. The summed E-state index contributed by atoms with van der Waals surface area (Å²) < 4.78 is 8.00. The summed E-state index contributed by atoms with van der Waals surface area (Å²) in [5, 5.41) is 3.89. The lowest BCUT2D eigenvalue weighted by atomic mass is 10.1. The molecule has 2 aromatic heterocycles. The van der Waals surface area contributed by atoms with Crippen LogP contribution < -0.4 is 5.76 Å². The van der Waals surface area contributed by atoms with E-state index in [1.807, 2.05) is 25.3 Å². The molecule has 0 bridgehead atoms. The molecule has 7 nitrogen and oxygen atoms in total. The predicted molar refractivity (Wildman–Crippen MR) is 70.1 cm³/mol. The van der Waals surface area contributed by atoms with Gasteiger partial charge in [-0.25, -0.2) is 4.79 Å². The number of fused-ring (bicyclic) bond motifs is 1. The Kier molecular flexibility index (Phi) is 2.96. The second kappa shape index (κ2) is 4.66. The van der Waals surface area contributed by atoms with E-state index in [9.17, 15) is 9.59 Å². The number of carbonyl (C=O) groups excluding carboxylic acids is 1. The fourth-order valence-electron chi connectivity index (χ4n) is 2.65. The van der Waals surface area contributed by atoms with Gasteiger partial charge in [-0.1, -0.05) is 0 Å². The lowest BCUT2D eigenvalue weighted by Crippen LogP contribution is -2.43. The first-order valence-electron chi connectivity index (χ1n) is 6.55. The van der Waals surface area contributed by atoms with E-state index in [1.165, 1.54) is 0 Å². The molecule has 20 heavy (non-hydrogen) atoms. The largest absolute Gasteiger partial charge is 0.437 e. The molecule has 1 aliphatic heterocycles. The number of aromatic nitrogens is 3. The Bertz CT molecular complexity index is 697. The van der Waals surface area contributed by atoms with Crippen LogP contribution in [0.3, 0.4) is 0 Å². The number of hydrogen-bond acceptors (Lipinski definition) is 4. The van der Waals surface area contributed by atoms with Crippen molar-refractivity contribution in [1.82, 2.24) is 19.2 Å². The van der Waals surface area contributed by atoms with E-state index in [0.29, 0.717) is 6.54 Å². The average Bonchev–Trinajstić information content (AvgIpc) is 2.97. The Hall–Kier alpha value is -2.31. The molecule has 3 heterocycles. The molecule has 1 aliphatic rings. The molecule has 0 spiro atoms. The molecule has 3 rings (SSSR count). The number of hydrogen-bond donors (Lipinski definition) is 0. The van der Waals surface area contributed by atoms with Gasteiger partial charge < -0.3 is 13.9 Å². The SMILES string of the molecule is Cc1nn(CC(=O)N2CCn3cccc3C2C)c(=O)o1. The summed E-state index contributed by atoms with van der Waals surface area (Å²) in [7, 11) is 0. The first-order valence-corrected chi connectivity index (χ1v) is 6.55. The average molecular weight is 276 g/mol. The van der Waals surface area contributed by atoms with Gasteiger partial charge in [0.2, 0.25) is 11.8 Å². The zero-order chi connectivity index (χ0) is 14.3. The quantitative estimate of drug-likeness (QED) is 0.803. The van der Waals surface area contributed by atoms with Crippen LogP contribution in [0.25, 0.3) is 0 Å². The van der Waals surface area contributed by atoms with Crippen molar-refractivity contribution in [2.24, 2.45) is 0 Å². The van der Waals surface area contributed by atoms with Crippen molar-refractivity contribution in [1.29, 1.82) is 0 Å². The molecule has 0 fully saturated rings. The summed E-state index contributed by atoms with van der Waals surface area (Å²) in [6.07, 6.45) is 2.01. The van der Waals surface area contributed by atoms with E-state index >= 15 is 0 Å². The van der Waals surface area contributed by atoms with Crippen LogP contribution in [-0.2, 0) is 17.9 Å². The Labute approximate surface area is 115 Å². The van der Waals surface area contributed by atoms with Crippen molar-refractivity contribution in [2.75, 3.05) is 6.54 Å². The molecular weight excluding hydrogens is 260 g/mol. The van der Waals surface area contributed by atoms with Crippen molar-refractivity contribution in [3.63, 3.8) is 0 Å². The highest BCUT2D eigenvalue weighted by Crippen LogP contribution is 2.25. The van der Waals surface area contributed by atoms with E-state index in [-0.39, 0.29) is 24.4 Å². The standard InChI is InChI=1S/C13H16N4O3/c1-9-11-4-3-5-15(11)6-7-16(9)12(18)8-17-13(19)20-10(2)14-17/h3-5,9H,6-8H2,1-2H3. The van der Waals surface area contributed by atoms with Crippen LogP contribution in [0.4, 0.5) is 0 Å². The summed E-state index contributed by atoms with van der Waals surface area (Å²) >= 11 is 0. The molecule has 0 aliphatic carbocycles. The number of aryl methyl sites for hydroxylation is 1. The summed E-state index contributed by atoms with van der Waals surface area (Å²) in [5.41, 5.74) is 1.10. The molecule has 0 radical (unpaired) electrons. The van der Waals surface area contributed by atoms with Crippen molar-refractivity contribution in [3.05, 3.63) is 40.5 Å². The van der Waals surface area contributed by atoms with E-state index in [4.69, 9.17) is 4.42 Å². The number of nitrogens with zero attached hydrogens (tertiary/aromatic N) is 4.